The second-order valence-electron chi connectivity index (χ2n) is 8.15. The van der Waals surface area contributed by atoms with Gasteiger partial charge in [0.25, 0.3) is 0 Å². The van der Waals surface area contributed by atoms with E-state index in [2.05, 4.69) is 24.6 Å². The van der Waals surface area contributed by atoms with E-state index in [0.717, 1.165) is 29.2 Å². The Labute approximate surface area is 188 Å². The van der Waals surface area contributed by atoms with Crippen LogP contribution in [0.1, 0.15) is 18.3 Å². The van der Waals surface area contributed by atoms with Gasteiger partial charge in [-0.15, -0.1) is 0 Å². The highest BCUT2D eigenvalue weighted by atomic mass is 19.1. The molecule has 0 amide bonds. The molecule has 1 aromatic carbocycles. The molecule has 11 heteroatoms. The van der Waals surface area contributed by atoms with Gasteiger partial charge in [0.2, 0.25) is 0 Å². The maximum atomic E-state index is 14.8. The van der Waals surface area contributed by atoms with Crippen LogP contribution in [-0.2, 0) is 25.2 Å². The molecule has 3 aromatic heterocycles. The molecule has 1 N–H and O–H groups in total. The second kappa shape index (κ2) is 8.41. The number of hydrogen-bond acceptors (Lipinski definition) is 7. The molecule has 0 saturated heterocycles. The van der Waals surface area contributed by atoms with Crippen LogP contribution in [-0.4, -0.2) is 56.9 Å². The summed E-state index contributed by atoms with van der Waals surface area (Å²) in [5.41, 5.74) is -0.114. The van der Waals surface area contributed by atoms with Gasteiger partial charge >= 0.3 is 0 Å². The van der Waals surface area contributed by atoms with E-state index in [1.54, 1.807) is 12.4 Å². The van der Waals surface area contributed by atoms with Crippen molar-refractivity contribution in [2.45, 2.75) is 38.2 Å². The van der Waals surface area contributed by atoms with E-state index >= 15 is 0 Å². The first-order chi connectivity index (χ1) is 15.9. The summed E-state index contributed by atoms with van der Waals surface area (Å²) in [6.45, 7) is 3.47. The SMILES string of the molecule is C[C@@H](N1CCn2cc(-c3cncnc3)nc2C1)[C@](O)(Cn1cncn1)c1ccc(F)cc1F. The van der Waals surface area contributed by atoms with Crippen LogP contribution in [0.4, 0.5) is 8.78 Å². The fourth-order valence-corrected chi connectivity index (χ4v) is 4.32. The molecule has 0 fully saturated rings. The summed E-state index contributed by atoms with van der Waals surface area (Å²) in [7, 11) is 0. The third-order valence-electron chi connectivity index (χ3n) is 6.19. The van der Waals surface area contributed by atoms with Gasteiger partial charge < -0.3 is 9.67 Å². The zero-order valence-electron chi connectivity index (χ0n) is 17.9. The largest absolute Gasteiger partial charge is 0.381 e. The lowest BCUT2D eigenvalue weighted by atomic mass is 9.85. The Balaban J connectivity index is 1.46. The lowest BCUT2D eigenvalue weighted by molar-refractivity contribution is -0.0709. The van der Waals surface area contributed by atoms with Gasteiger partial charge in [-0.2, -0.15) is 5.10 Å². The van der Waals surface area contributed by atoms with Crippen LogP contribution < -0.4 is 0 Å². The van der Waals surface area contributed by atoms with Crippen LogP contribution in [0.5, 0.6) is 0 Å². The smallest absolute Gasteiger partial charge is 0.137 e. The Morgan fingerprint density at radius 3 is 2.67 bits per heavy atom. The number of halogens is 2. The number of benzene rings is 1. The number of aromatic nitrogens is 7. The number of hydrogen-bond donors (Lipinski definition) is 1. The molecule has 1 aliphatic rings. The van der Waals surface area contributed by atoms with Gasteiger partial charge in [0.15, 0.2) is 0 Å². The van der Waals surface area contributed by atoms with Crippen molar-refractivity contribution in [3.05, 3.63) is 78.8 Å². The van der Waals surface area contributed by atoms with Crippen LogP contribution in [0, 0.1) is 11.6 Å². The first-order valence-electron chi connectivity index (χ1n) is 10.5. The molecule has 4 aromatic rings. The molecule has 9 nitrogen and oxygen atoms in total. The van der Waals surface area contributed by atoms with Crippen molar-refractivity contribution in [1.29, 1.82) is 0 Å². The predicted molar refractivity (Wildman–Crippen MR) is 113 cm³/mol. The molecule has 1 aliphatic heterocycles. The van der Waals surface area contributed by atoms with Crippen molar-refractivity contribution in [1.82, 2.24) is 39.2 Å². The summed E-state index contributed by atoms with van der Waals surface area (Å²) in [5, 5.41) is 15.9. The average molecular weight is 452 g/mol. The third-order valence-corrected chi connectivity index (χ3v) is 6.19. The number of rotatable bonds is 6. The summed E-state index contributed by atoms with van der Waals surface area (Å²) in [6.07, 6.45) is 9.63. The molecule has 0 unspecified atom stereocenters. The van der Waals surface area contributed by atoms with E-state index in [4.69, 9.17) is 4.98 Å². The molecule has 0 bridgehead atoms. The van der Waals surface area contributed by atoms with Crippen molar-refractivity contribution in [3.8, 4) is 11.3 Å². The molecule has 4 heterocycles. The van der Waals surface area contributed by atoms with Crippen molar-refractivity contribution in [2.75, 3.05) is 6.54 Å². The zero-order chi connectivity index (χ0) is 23.0. The maximum Gasteiger partial charge on any atom is 0.137 e. The van der Waals surface area contributed by atoms with Crippen molar-refractivity contribution in [3.63, 3.8) is 0 Å². The van der Waals surface area contributed by atoms with Gasteiger partial charge in [-0.1, -0.05) is 6.07 Å². The molecule has 0 aliphatic carbocycles. The fraction of sp³-hybridized carbons (Fsp3) is 0.318. The molecular formula is C22H22F2N8O. The minimum absolute atomic E-state index is 0.00272. The van der Waals surface area contributed by atoms with E-state index in [1.165, 1.54) is 29.7 Å². The molecule has 170 valence electrons. The van der Waals surface area contributed by atoms with Crippen LogP contribution in [0.2, 0.25) is 0 Å². The van der Waals surface area contributed by atoms with Gasteiger partial charge in [0.1, 0.15) is 42.0 Å². The highest BCUT2D eigenvalue weighted by molar-refractivity contribution is 5.55. The Kier molecular flexibility index (Phi) is 5.43. The summed E-state index contributed by atoms with van der Waals surface area (Å²) < 4.78 is 31.9. The third kappa shape index (κ3) is 4.00. The van der Waals surface area contributed by atoms with Gasteiger partial charge in [-0.3, -0.25) is 4.90 Å². The van der Waals surface area contributed by atoms with Crippen LogP contribution in [0.15, 0.2) is 55.8 Å². The molecule has 5 rings (SSSR count). The van der Waals surface area contributed by atoms with Crippen molar-refractivity contribution >= 4 is 0 Å². The van der Waals surface area contributed by atoms with Gasteiger partial charge in [0.05, 0.1) is 18.8 Å². The first-order valence-corrected chi connectivity index (χ1v) is 10.5. The predicted octanol–water partition coefficient (Wildman–Crippen LogP) is 2.00. The molecule has 0 spiro atoms. The Morgan fingerprint density at radius 1 is 1.12 bits per heavy atom. The van der Waals surface area contributed by atoms with E-state index < -0.39 is 23.3 Å². The maximum absolute atomic E-state index is 14.8. The quantitative estimate of drug-likeness (QED) is 0.478. The summed E-state index contributed by atoms with van der Waals surface area (Å²) in [5.74, 6) is -0.701. The highest BCUT2D eigenvalue weighted by Gasteiger charge is 2.43. The topological polar surface area (TPSA) is 97.8 Å². The van der Waals surface area contributed by atoms with Crippen molar-refractivity contribution < 1.29 is 13.9 Å². The lowest BCUT2D eigenvalue weighted by Crippen LogP contribution is -2.53. The van der Waals surface area contributed by atoms with E-state index in [1.807, 2.05) is 18.0 Å². The number of imidazole rings is 1. The zero-order valence-corrected chi connectivity index (χ0v) is 17.9. The van der Waals surface area contributed by atoms with Crippen LogP contribution in [0.25, 0.3) is 11.3 Å². The van der Waals surface area contributed by atoms with Gasteiger partial charge in [0, 0.05) is 54.9 Å². The van der Waals surface area contributed by atoms with Gasteiger partial charge in [-0.05, 0) is 13.0 Å². The minimum atomic E-state index is -1.70. The Hall–Kier alpha value is -3.57. The highest BCUT2D eigenvalue weighted by Crippen LogP contribution is 2.34. The number of nitrogens with zero attached hydrogens (tertiary/aromatic N) is 8. The summed E-state index contributed by atoms with van der Waals surface area (Å²) >= 11 is 0. The average Bonchev–Trinajstić information content (AvgIpc) is 3.48. The van der Waals surface area contributed by atoms with Crippen LogP contribution in [0.3, 0.4) is 0 Å². The first kappa shape index (κ1) is 21.3. The standard InChI is InChI=1S/C22H22F2N8O/c1-15(22(33,11-32-14-27-13-28-32)18-3-2-17(23)6-19(18)24)30-4-5-31-9-20(29-21(31)10-30)16-7-25-12-26-8-16/h2-3,6-9,12-15,33H,4-5,10-11H2,1H3/t15-,22-/m1/s1. The fourth-order valence-electron chi connectivity index (χ4n) is 4.32. The second-order valence-corrected chi connectivity index (χ2v) is 8.15. The molecule has 2 atom stereocenters. The van der Waals surface area contributed by atoms with Crippen molar-refractivity contribution in [2.24, 2.45) is 0 Å². The monoisotopic (exact) mass is 452 g/mol. The minimum Gasteiger partial charge on any atom is -0.381 e. The number of aliphatic hydroxyl groups is 1. The molecule has 0 radical (unpaired) electrons. The Morgan fingerprint density at radius 2 is 1.94 bits per heavy atom. The van der Waals surface area contributed by atoms with E-state index in [9.17, 15) is 13.9 Å². The molecule has 33 heavy (non-hydrogen) atoms. The number of fused-ring (bicyclic) bond motifs is 1. The Bertz CT molecular complexity index is 1250. The molecule has 0 saturated carbocycles. The van der Waals surface area contributed by atoms with E-state index in [-0.39, 0.29) is 12.1 Å². The summed E-state index contributed by atoms with van der Waals surface area (Å²) in [4.78, 5) is 18.8. The normalized spacial score (nSPS) is 16.8. The lowest BCUT2D eigenvalue weighted by Gasteiger charge is -2.42. The summed E-state index contributed by atoms with van der Waals surface area (Å²) in [6, 6.07) is 2.67. The van der Waals surface area contributed by atoms with E-state index in [0.29, 0.717) is 19.6 Å². The van der Waals surface area contributed by atoms with Gasteiger partial charge in [-0.25, -0.2) is 33.4 Å². The molecular weight excluding hydrogens is 430 g/mol. The van der Waals surface area contributed by atoms with Crippen LogP contribution >= 0.6 is 0 Å².